The molecule has 0 unspecified atom stereocenters. The van der Waals surface area contributed by atoms with E-state index in [2.05, 4.69) is 21.8 Å². The molecule has 0 saturated heterocycles. The molecule has 0 atom stereocenters. The number of thioether (sulfide) groups is 1. The Morgan fingerprint density at radius 2 is 2.00 bits per heavy atom. The lowest BCUT2D eigenvalue weighted by Gasteiger charge is -2.09. The van der Waals surface area contributed by atoms with Crippen molar-refractivity contribution in [1.29, 1.82) is 0 Å². The molecule has 3 heterocycles. The topological polar surface area (TPSA) is 74.3 Å². The lowest BCUT2D eigenvalue weighted by atomic mass is 10.3. The van der Waals surface area contributed by atoms with Crippen LogP contribution in [0.15, 0.2) is 77.3 Å². The molecule has 0 aliphatic rings. The lowest BCUT2D eigenvalue weighted by molar-refractivity contribution is 0.289. The van der Waals surface area contributed by atoms with E-state index in [1.54, 1.807) is 48.7 Å². The summed E-state index contributed by atoms with van der Waals surface area (Å²) in [5.74, 6) is 1.87. The van der Waals surface area contributed by atoms with Gasteiger partial charge in [-0.25, -0.2) is 4.98 Å². The summed E-state index contributed by atoms with van der Waals surface area (Å²) in [4.78, 5) is 16.8. The molecule has 30 heavy (non-hydrogen) atoms. The van der Waals surface area contributed by atoms with Crippen LogP contribution >= 0.6 is 23.4 Å². The predicted octanol–water partition coefficient (Wildman–Crippen LogP) is 4.00. The van der Waals surface area contributed by atoms with Crippen molar-refractivity contribution in [1.82, 2.24) is 24.1 Å². The summed E-state index contributed by atoms with van der Waals surface area (Å²) in [5.41, 5.74) is 1.19. The number of benzene rings is 1. The van der Waals surface area contributed by atoms with Gasteiger partial charge >= 0.3 is 0 Å². The Balaban J connectivity index is 1.49. The van der Waals surface area contributed by atoms with Crippen molar-refractivity contribution in [2.24, 2.45) is 0 Å². The molecule has 3 aromatic heterocycles. The monoisotopic (exact) mass is 439 g/mol. The third-order valence-electron chi connectivity index (χ3n) is 4.26. The number of pyridine rings is 1. The molecule has 4 rings (SSSR count). The molecule has 4 aromatic rings. The van der Waals surface area contributed by atoms with Gasteiger partial charge in [0.15, 0.2) is 11.0 Å². The van der Waals surface area contributed by atoms with E-state index < -0.39 is 0 Å². The Morgan fingerprint density at radius 3 is 2.80 bits per heavy atom. The first-order chi connectivity index (χ1) is 14.6. The molecule has 9 heteroatoms. The molecular formula is C21H18ClN5O2S. The maximum atomic E-state index is 12.3. The van der Waals surface area contributed by atoms with Gasteiger partial charge in [0.1, 0.15) is 18.0 Å². The van der Waals surface area contributed by atoms with Gasteiger partial charge in [-0.2, -0.15) is 0 Å². The van der Waals surface area contributed by atoms with E-state index in [1.807, 2.05) is 16.7 Å². The molecule has 7 nitrogen and oxygen atoms in total. The zero-order valence-corrected chi connectivity index (χ0v) is 17.5. The van der Waals surface area contributed by atoms with Crippen LogP contribution in [0, 0.1) is 0 Å². The minimum atomic E-state index is -0.110. The fraction of sp³-hybridized carbons (Fsp3) is 0.143. The van der Waals surface area contributed by atoms with Crippen LogP contribution in [0.3, 0.4) is 0 Å². The van der Waals surface area contributed by atoms with Crippen LogP contribution in [0.25, 0.3) is 5.65 Å². The first-order valence-corrected chi connectivity index (χ1v) is 10.5. The fourth-order valence-electron chi connectivity index (χ4n) is 2.84. The van der Waals surface area contributed by atoms with Crippen molar-refractivity contribution in [2.75, 3.05) is 0 Å². The second-order valence-electron chi connectivity index (χ2n) is 6.34. The molecule has 0 aliphatic carbocycles. The normalized spacial score (nSPS) is 11.0. The highest BCUT2D eigenvalue weighted by Crippen LogP contribution is 2.22. The zero-order chi connectivity index (χ0) is 20.9. The molecule has 0 aliphatic heterocycles. The van der Waals surface area contributed by atoms with E-state index in [-0.39, 0.29) is 12.2 Å². The van der Waals surface area contributed by atoms with Crippen LogP contribution in [-0.4, -0.2) is 24.1 Å². The van der Waals surface area contributed by atoms with E-state index in [1.165, 1.54) is 16.2 Å². The van der Waals surface area contributed by atoms with Crippen molar-refractivity contribution in [3.8, 4) is 5.75 Å². The van der Waals surface area contributed by atoms with Gasteiger partial charge < -0.3 is 4.74 Å². The Kier molecular flexibility index (Phi) is 6.15. The first-order valence-electron chi connectivity index (χ1n) is 9.15. The van der Waals surface area contributed by atoms with Gasteiger partial charge in [0, 0.05) is 29.6 Å². The van der Waals surface area contributed by atoms with Crippen LogP contribution < -0.4 is 10.3 Å². The molecule has 0 saturated carbocycles. The zero-order valence-electron chi connectivity index (χ0n) is 15.9. The Morgan fingerprint density at radius 1 is 1.17 bits per heavy atom. The molecule has 0 amide bonds. The maximum Gasteiger partial charge on any atom is 0.258 e. The lowest BCUT2D eigenvalue weighted by Crippen LogP contribution is -2.14. The molecule has 152 valence electrons. The van der Waals surface area contributed by atoms with Crippen molar-refractivity contribution < 1.29 is 4.74 Å². The predicted molar refractivity (Wildman–Crippen MR) is 117 cm³/mol. The standard InChI is InChI=1S/C21H18ClN5O2S/c1-2-10-27-19(13-29-17-8-6-15(22)7-9-17)24-25-21(27)30-14-16-12-20(28)26-11-4-3-5-18(26)23-16/h2-9,11-12H,1,10,13-14H2. The van der Waals surface area contributed by atoms with Gasteiger partial charge in [0.25, 0.3) is 5.56 Å². The quantitative estimate of drug-likeness (QED) is 0.305. The van der Waals surface area contributed by atoms with Crippen molar-refractivity contribution >= 4 is 29.0 Å². The van der Waals surface area contributed by atoms with Gasteiger partial charge in [-0.3, -0.25) is 13.8 Å². The van der Waals surface area contributed by atoms with Gasteiger partial charge in [-0.1, -0.05) is 35.5 Å². The summed E-state index contributed by atoms with van der Waals surface area (Å²) in [6.45, 7) is 4.62. The summed E-state index contributed by atoms with van der Waals surface area (Å²) in [6, 6.07) is 14.1. The summed E-state index contributed by atoms with van der Waals surface area (Å²) in [7, 11) is 0. The summed E-state index contributed by atoms with van der Waals surface area (Å²) in [6.07, 6.45) is 3.48. The number of halogens is 1. The number of allylic oxidation sites excluding steroid dienone is 1. The van der Waals surface area contributed by atoms with Crippen molar-refractivity contribution in [3.63, 3.8) is 0 Å². The highest BCUT2D eigenvalue weighted by Gasteiger charge is 2.13. The average Bonchev–Trinajstić information content (AvgIpc) is 3.14. The number of hydrogen-bond acceptors (Lipinski definition) is 6. The smallest absolute Gasteiger partial charge is 0.258 e. The SMILES string of the molecule is C=CCn1c(COc2ccc(Cl)cc2)nnc1SCc1cc(=O)n2ccccc2n1. The number of ether oxygens (including phenoxy) is 1. The van der Waals surface area contributed by atoms with Crippen LogP contribution in [0.5, 0.6) is 5.75 Å². The van der Waals surface area contributed by atoms with Crippen molar-refractivity contribution in [2.45, 2.75) is 24.1 Å². The number of nitrogens with zero attached hydrogens (tertiary/aromatic N) is 5. The van der Waals surface area contributed by atoms with Crippen LogP contribution in [0.2, 0.25) is 5.02 Å². The third-order valence-corrected chi connectivity index (χ3v) is 5.51. The Bertz CT molecular complexity index is 1240. The molecule has 0 bridgehead atoms. The van der Waals surface area contributed by atoms with Gasteiger partial charge in [-0.15, -0.1) is 16.8 Å². The number of aromatic nitrogens is 5. The molecule has 0 N–H and O–H groups in total. The highest BCUT2D eigenvalue weighted by molar-refractivity contribution is 7.98. The molecule has 0 fully saturated rings. The van der Waals surface area contributed by atoms with E-state index in [9.17, 15) is 4.79 Å². The number of fused-ring (bicyclic) bond motifs is 1. The fourth-order valence-corrected chi connectivity index (χ4v) is 3.82. The largest absolute Gasteiger partial charge is 0.486 e. The van der Waals surface area contributed by atoms with Crippen molar-refractivity contribution in [3.05, 3.63) is 94.3 Å². The summed E-state index contributed by atoms with van der Waals surface area (Å²) < 4.78 is 9.24. The second kappa shape index (κ2) is 9.15. The molecule has 0 spiro atoms. The van der Waals surface area contributed by atoms with Gasteiger partial charge in [0.05, 0.1) is 5.69 Å². The van der Waals surface area contributed by atoms with Crippen LogP contribution in [-0.2, 0) is 18.9 Å². The molecular weight excluding hydrogens is 422 g/mol. The van der Waals surface area contributed by atoms with Gasteiger partial charge in [-0.05, 0) is 36.4 Å². The van der Waals surface area contributed by atoms with Gasteiger partial charge in [0.2, 0.25) is 0 Å². The van der Waals surface area contributed by atoms with Crippen LogP contribution in [0.1, 0.15) is 11.5 Å². The van der Waals surface area contributed by atoms with E-state index in [0.29, 0.717) is 45.4 Å². The average molecular weight is 440 g/mol. The highest BCUT2D eigenvalue weighted by atomic mass is 35.5. The Labute approximate surface area is 182 Å². The summed E-state index contributed by atoms with van der Waals surface area (Å²) >= 11 is 7.36. The van der Waals surface area contributed by atoms with E-state index in [0.717, 1.165) is 0 Å². The summed E-state index contributed by atoms with van der Waals surface area (Å²) in [5, 5.41) is 9.89. The Hall–Kier alpha value is -3.10. The third kappa shape index (κ3) is 4.55. The van der Waals surface area contributed by atoms with E-state index >= 15 is 0 Å². The minimum Gasteiger partial charge on any atom is -0.486 e. The maximum absolute atomic E-state index is 12.3. The molecule has 1 aromatic carbocycles. The van der Waals surface area contributed by atoms with Crippen LogP contribution in [0.4, 0.5) is 0 Å². The number of rotatable bonds is 8. The second-order valence-corrected chi connectivity index (χ2v) is 7.72. The number of hydrogen-bond donors (Lipinski definition) is 0. The molecule has 0 radical (unpaired) electrons. The first kappa shape index (κ1) is 20.2. The van der Waals surface area contributed by atoms with E-state index in [4.69, 9.17) is 16.3 Å². The minimum absolute atomic E-state index is 0.110.